The Kier molecular flexibility index (Phi) is 3.88. The lowest BCUT2D eigenvalue weighted by atomic mass is 9.80. The summed E-state index contributed by atoms with van der Waals surface area (Å²) in [7, 11) is 0. The summed E-state index contributed by atoms with van der Waals surface area (Å²) in [6.07, 6.45) is 0.492. The maximum atomic E-state index is 13.5. The van der Waals surface area contributed by atoms with Crippen LogP contribution in [-0.4, -0.2) is 38.9 Å². The van der Waals surface area contributed by atoms with Gasteiger partial charge in [-0.1, -0.05) is 12.2 Å². The molecule has 1 aromatic rings. The van der Waals surface area contributed by atoms with Crippen molar-refractivity contribution in [3.8, 4) is 0 Å². The monoisotopic (exact) mass is 435 g/mol. The summed E-state index contributed by atoms with van der Waals surface area (Å²) in [6.45, 7) is 5.33. The average Bonchev–Trinajstić information content (AvgIpc) is 3.05. The maximum Gasteiger partial charge on any atom is 0.417 e. The van der Waals surface area contributed by atoms with Gasteiger partial charge in [-0.05, 0) is 38.8 Å². The lowest BCUT2D eigenvalue weighted by molar-refractivity contribution is -0.160. The number of carbonyl (C=O) groups is 2. The van der Waals surface area contributed by atoms with Gasteiger partial charge in [0, 0.05) is 36.8 Å². The van der Waals surface area contributed by atoms with Crippen molar-refractivity contribution in [2.45, 2.75) is 63.5 Å². The number of carbonyl (C=O) groups excluding carboxylic acids is 2. The van der Waals surface area contributed by atoms with E-state index in [1.54, 1.807) is 37.8 Å². The second kappa shape index (κ2) is 5.88. The Bertz CT molecular complexity index is 1030. The van der Waals surface area contributed by atoms with Gasteiger partial charge in [0.15, 0.2) is 0 Å². The first-order chi connectivity index (χ1) is 14.3. The number of nitrogens with two attached hydrogens (primary N) is 1. The van der Waals surface area contributed by atoms with Gasteiger partial charge in [-0.15, -0.1) is 0 Å². The van der Waals surface area contributed by atoms with Crippen molar-refractivity contribution < 1.29 is 27.5 Å². The molecule has 2 N–H and O–H groups in total. The highest BCUT2D eigenvalue weighted by Crippen LogP contribution is 2.73. The van der Waals surface area contributed by atoms with Gasteiger partial charge in [0.25, 0.3) is 0 Å². The van der Waals surface area contributed by atoms with Crippen molar-refractivity contribution in [3.05, 3.63) is 41.2 Å². The summed E-state index contributed by atoms with van der Waals surface area (Å²) in [5, 5.41) is 0. The predicted molar refractivity (Wildman–Crippen MR) is 103 cm³/mol. The first-order valence-corrected chi connectivity index (χ1v) is 10.3. The van der Waals surface area contributed by atoms with Crippen LogP contribution >= 0.6 is 0 Å². The zero-order chi connectivity index (χ0) is 22.6. The predicted octanol–water partition coefficient (Wildman–Crippen LogP) is 2.60. The Balaban J connectivity index is 1.58. The second-order valence-electron chi connectivity index (χ2n) is 10.1. The van der Waals surface area contributed by atoms with E-state index in [2.05, 4.69) is 4.98 Å². The minimum atomic E-state index is -4.52. The number of aromatic nitrogens is 1. The van der Waals surface area contributed by atoms with Gasteiger partial charge in [-0.2, -0.15) is 13.2 Å². The molecule has 4 aliphatic rings. The Hall–Kier alpha value is -2.42. The van der Waals surface area contributed by atoms with Crippen LogP contribution in [0, 0.1) is 17.3 Å². The van der Waals surface area contributed by atoms with E-state index in [9.17, 15) is 22.8 Å². The fraction of sp³-hybridized carbons (Fsp3) is 0.591. The third-order valence-electron chi connectivity index (χ3n) is 7.04. The molecule has 2 aliphatic heterocycles. The zero-order valence-electron chi connectivity index (χ0n) is 17.5. The average molecular weight is 435 g/mol. The number of halogens is 3. The standard InChI is InChI=1S/C22H24F3N3O3/c1-19(2,3)31-17(29)15-16-20(5-4-13(26)7-20)18(30)28-10-11-6-12(22(23,24)25)9-27-14(11)8-21(15,16)28/h4-6,9,13,15-16H,7-8,10,26H2,1-3H3/t13-,15?,16?,20+,21?/m1/s1. The number of fused-ring (bicyclic) bond motifs is 2. The van der Waals surface area contributed by atoms with E-state index in [0.29, 0.717) is 17.7 Å². The molecule has 1 amide bonds. The zero-order valence-corrected chi connectivity index (χ0v) is 17.5. The van der Waals surface area contributed by atoms with E-state index in [1.807, 2.05) is 0 Å². The van der Waals surface area contributed by atoms with Crippen molar-refractivity contribution >= 4 is 11.9 Å². The summed E-state index contributed by atoms with van der Waals surface area (Å²) in [6, 6.07) is 0.753. The van der Waals surface area contributed by atoms with Gasteiger partial charge in [0.2, 0.25) is 5.91 Å². The number of alkyl halides is 3. The van der Waals surface area contributed by atoms with Gasteiger partial charge < -0.3 is 15.4 Å². The molecule has 3 unspecified atom stereocenters. The molecule has 6 nitrogen and oxygen atoms in total. The van der Waals surface area contributed by atoms with Crippen LogP contribution in [0.3, 0.4) is 0 Å². The molecule has 2 spiro atoms. The Morgan fingerprint density at radius 1 is 1.32 bits per heavy atom. The normalized spacial score (nSPS) is 35.8. The summed E-state index contributed by atoms with van der Waals surface area (Å²) in [5.74, 6) is -1.45. The largest absolute Gasteiger partial charge is 0.460 e. The topological polar surface area (TPSA) is 85.5 Å². The van der Waals surface area contributed by atoms with Gasteiger partial charge >= 0.3 is 12.1 Å². The van der Waals surface area contributed by atoms with Crippen LogP contribution in [0.25, 0.3) is 0 Å². The van der Waals surface area contributed by atoms with Crippen molar-refractivity contribution in [1.29, 1.82) is 0 Å². The Morgan fingerprint density at radius 3 is 2.61 bits per heavy atom. The number of hydrogen-bond donors (Lipinski definition) is 1. The first-order valence-electron chi connectivity index (χ1n) is 10.3. The van der Waals surface area contributed by atoms with Crippen LogP contribution in [0.1, 0.15) is 44.0 Å². The van der Waals surface area contributed by atoms with Crippen LogP contribution in [0.15, 0.2) is 24.4 Å². The number of piperidine rings is 1. The highest BCUT2D eigenvalue weighted by atomic mass is 19.4. The molecule has 3 heterocycles. The number of rotatable bonds is 1. The SMILES string of the molecule is CC(C)(C)OC(=O)C1C2C13Cc1ncc(C(F)(F)F)cc1CN3C(=O)[C@]21C=C[C@@H](N)C1. The number of amides is 1. The molecule has 1 saturated heterocycles. The van der Waals surface area contributed by atoms with Crippen LogP contribution < -0.4 is 5.73 Å². The number of nitrogens with zero attached hydrogens (tertiary/aromatic N) is 2. The molecule has 0 aromatic carbocycles. The quantitative estimate of drug-likeness (QED) is 0.542. The van der Waals surface area contributed by atoms with E-state index in [1.165, 1.54) is 0 Å². The highest BCUT2D eigenvalue weighted by Gasteiger charge is 2.85. The fourth-order valence-corrected chi connectivity index (χ4v) is 5.96. The van der Waals surface area contributed by atoms with Crippen LogP contribution in [0.2, 0.25) is 0 Å². The molecule has 9 heteroatoms. The Morgan fingerprint density at radius 2 is 2.03 bits per heavy atom. The summed E-state index contributed by atoms with van der Waals surface area (Å²) < 4.78 is 45.2. The number of hydrogen-bond acceptors (Lipinski definition) is 5. The molecule has 31 heavy (non-hydrogen) atoms. The van der Waals surface area contributed by atoms with Gasteiger partial charge in [-0.25, -0.2) is 0 Å². The summed E-state index contributed by atoms with van der Waals surface area (Å²) in [5.41, 5.74) is 3.66. The lowest BCUT2D eigenvalue weighted by Crippen LogP contribution is -2.49. The second-order valence-corrected chi connectivity index (χ2v) is 10.1. The number of pyridine rings is 1. The number of ether oxygens (including phenoxy) is 1. The van der Waals surface area contributed by atoms with Gasteiger partial charge in [0.1, 0.15) is 5.60 Å². The van der Waals surface area contributed by atoms with Crippen LogP contribution in [0.4, 0.5) is 13.2 Å². The fourth-order valence-electron chi connectivity index (χ4n) is 5.96. The maximum absolute atomic E-state index is 13.5. The van der Waals surface area contributed by atoms with Crippen LogP contribution in [0.5, 0.6) is 0 Å². The summed E-state index contributed by atoms with van der Waals surface area (Å²) >= 11 is 0. The van der Waals surface area contributed by atoms with Crippen molar-refractivity contribution in [3.63, 3.8) is 0 Å². The number of esters is 1. The first kappa shape index (κ1) is 20.5. The van der Waals surface area contributed by atoms with E-state index in [0.717, 1.165) is 12.3 Å². The van der Waals surface area contributed by atoms with E-state index in [4.69, 9.17) is 10.5 Å². The molecule has 1 aromatic heterocycles. The minimum absolute atomic E-state index is 0.00822. The third-order valence-corrected chi connectivity index (χ3v) is 7.04. The minimum Gasteiger partial charge on any atom is -0.460 e. The van der Waals surface area contributed by atoms with Gasteiger partial charge in [0.05, 0.1) is 22.4 Å². The van der Waals surface area contributed by atoms with Crippen molar-refractivity contribution in [1.82, 2.24) is 9.88 Å². The third kappa shape index (κ3) is 2.71. The van der Waals surface area contributed by atoms with Crippen molar-refractivity contribution in [2.75, 3.05) is 0 Å². The smallest absolute Gasteiger partial charge is 0.417 e. The molecular weight excluding hydrogens is 411 g/mol. The molecule has 0 bridgehead atoms. The molecule has 5 rings (SSSR count). The molecule has 2 fully saturated rings. The lowest BCUT2D eigenvalue weighted by Gasteiger charge is -2.37. The van der Waals surface area contributed by atoms with Crippen LogP contribution in [-0.2, 0) is 33.5 Å². The van der Waals surface area contributed by atoms with Crippen molar-refractivity contribution in [2.24, 2.45) is 23.0 Å². The molecule has 1 saturated carbocycles. The van der Waals surface area contributed by atoms with Gasteiger partial charge in [-0.3, -0.25) is 14.6 Å². The Labute approximate surface area is 177 Å². The molecule has 2 aliphatic carbocycles. The van der Waals surface area contributed by atoms with E-state index in [-0.39, 0.29) is 30.8 Å². The van der Waals surface area contributed by atoms with E-state index < -0.39 is 40.2 Å². The molecule has 5 atom stereocenters. The van der Waals surface area contributed by atoms with E-state index >= 15 is 0 Å². The summed E-state index contributed by atoms with van der Waals surface area (Å²) in [4.78, 5) is 32.3. The molecule has 0 radical (unpaired) electrons. The molecular formula is C22H24F3N3O3. The highest BCUT2D eigenvalue weighted by molar-refractivity contribution is 5.97. The molecule has 166 valence electrons.